The van der Waals surface area contributed by atoms with Gasteiger partial charge in [0.1, 0.15) is 12.6 Å². The lowest BCUT2D eigenvalue weighted by Gasteiger charge is -2.33. The SMILES string of the molecule is CCCNC(=O)[C@H](CC)N(Cc1c(Cl)cccc1Cl)C(=O)CN(c1cccc(C)c1)S(=O)(=O)c1ccc(C)cc1. The molecule has 0 heterocycles. The Hall–Kier alpha value is -3.07. The Labute approximate surface area is 247 Å². The van der Waals surface area contributed by atoms with Crippen LogP contribution in [0.2, 0.25) is 10.0 Å². The van der Waals surface area contributed by atoms with Gasteiger partial charge in [0, 0.05) is 28.7 Å². The number of nitrogens with one attached hydrogen (secondary N) is 1. The first-order chi connectivity index (χ1) is 19.0. The predicted octanol–water partition coefficient (Wildman–Crippen LogP) is 6.14. The van der Waals surface area contributed by atoms with E-state index in [4.69, 9.17) is 23.2 Å². The summed E-state index contributed by atoms with van der Waals surface area (Å²) in [6.45, 7) is 7.29. The monoisotopic (exact) mass is 603 g/mol. The van der Waals surface area contributed by atoms with E-state index in [2.05, 4.69) is 5.32 Å². The van der Waals surface area contributed by atoms with Crippen LogP contribution in [0, 0.1) is 13.8 Å². The molecule has 0 saturated carbocycles. The molecule has 0 bridgehead atoms. The average molecular weight is 605 g/mol. The molecule has 214 valence electrons. The number of rotatable bonds is 12. The Morgan fingerprint density at radius 1 is 0.900 bits per heavy atom. The molecule has 0 aromatic heterocycles. The number of halogens is 2. The topological polar surface area (TPSA) is 86.8 Å². The zero-order valence-electron chi connectivity index (χ0n) is 23.2. The minimum absolute atomic E-state index is 0.0563. The van der Waals surface area contributed by atoms with Gasteiger partial charge in [-0.2, -0.15) is 0 Å². The molecule has 7 nitrogen and oxygen atoms in total. The largest absolute Gasteiger partial charge is 0.354 e. The van der Waals surface area contributed by atoms with Crippen molar-refractivity contribution >= 4 is 50.7 Å². The molecule has 0 radical (unpaired) electrons. The van der Waals surface area contributed by atoms with Crippen LogP contribution in [0.3, 0.4) is 0 Å². The molecule has 2 amide bonds. The van der Waals surface area contributed by atoms with Crippen molar-refractivity contribution in [3.8, 4) is 0 Å². The first-order valence-electron chi connectivity index (χ1n) is 13.2. The molecule has 3 aromatic carbocycles. The Bertz CT molecular complexity index is 1430. The number of benzene rings is 3. The Balaban J connectivity index is 2.09. The average Bonchev–Trinajstić information content (AvgIpc) is 2.92. The third kappa shape index (κ3) is 7.56. The fourth-order valence-electron chi connectivity index (χ4n) is 4.29. The maximum atomic E-state index is 14.1. The predicted molar refractivity (Wildman–Crippen MR) is 161 cm³/mol. The van der Waals surface area contributed by atoms with Gasteiger partial charge in [0.05, 0.1) is 10.6 Å². The minimum Gasteiger partial charge on any atom is -0.354 e. The summed E-state index contributed by atoms with van der Waals surface area (Å²) in [5.74, 6) is -0.893. The van der Waals surface area contributed by atoms with Crippen molar-refractivity contribution in [2.75, 3.05) is 17.4 Å². The summed E-state index contributed by atoms with van der Waals surface area (Å²) < 4.78 is 28.9. The molecule has 0 aliphatic heterocycles. The molecule has 1 N–H and O–H groups in total. The van der Waals surface area contributed by atoms with Crippen LogP contribution in [-0.2, 0) is 26.2 Å². The molecule has 40 heavy (non-hydrogen) atoms. The number of amides is 2. The van der Waals surface area contributed by atoms with Gasteiger partial charge in [-0.25, -0.2) is 8.42 Å². The summed E-state index contributed by atoms with van der Waals surface area (Å²) in [5.41, 5.74) is 2.56. The van der Waals surface area contributed by atoms with Crippen molar-refractivity contribution in [3.63, 3.8) is 0 Å². The maximum absolute atomic E-state index is 14.1. The molecular formula is C30H35Cl2N3O4S. The van der Waals surface area contributed by atoms with Gasteiger partial charge in [-0.3, -0.25) is 13.9 Å². The fraction of sp³-hybridized carbons (Fsp3) is 0.333. The van der Waals surface area contributed by atoms with Crippen molar-refractivity contribution in [1.82, 2.24) is 10.2 Å². The highest BCUT2D eigenvalue weighted by molar-refractivity contribution is 7.92. The normalized spacial score (nSPS) is 12.1. The zero-order valence-corrected chi connectivity index (χ0v) is 25.5. The highest BCUT2D eigenvalue weighted by atomic mass is 35.5. The number of hydrogen-bond acceptors (Lipinski definition) is 4. The third-order valence-corrected chi connectivity index (χ3v) is 9.00. The second-order valence-electron chi connectivity index (χ2n) is 9.60. The highest BCUT2D eigenvalue weighted by Crippen LogP contribution is 2.29. The Kier molecular flexibility index (Phi) is 11.0. The lowest BCUT2D eigenvalue weighted by atomic mass is 10.1. The summed E-state index contributed by atoms with van der Waals surface area (Å²) in [6, 6.07) is 17.5. The second kappa shape index (κ2) is 14.0. The second-order valence-corrected chi connectivity index (χ2v) is 12.3. The summed E-state index contributed by atoms with van der Waals surface area (Å²) >= 11 is 12.9. The van der Waals surface area contributed by atoms with Gasteiger partial charge in [0.25, 0.3) is 10.0 Å². The van der Waals surface area contributed by atoms with Crippen LogP contribution in [0.15, 0.2) is 71.6 Å². The van der Waals surface area contributed by atoms with Crippen LogP contribution in [0.4, 0.5) is 5.69 Å². The quantitative estimate of drug-likeness (QED) is 0.269. The van der Waals surface area contributed by atoms with E-state index in [1.165, 1.54) is 17.0 Å². The van der Waals surface area contributed by atoms with E-state index >= 15 is 0 Å². The van der Waals surface area contributed by atoms with E-state index in [-0.39, 0.29) is 17.3 Å². The van der Waals surface area contributed by atoms with Gasteiger partial charge in [0.2, 0.25) is 11.8 Å². The number of nitrogens with zero attached hydrogens (tertiary/aromatic N) is 2. The molecule has 0 aliphatic rings. The molecule has 0 saturated heterocycles. The molecule has 3 aromatic rings. The van der Waals surface area contributed by atoms with Gasteiger partial charge in [-0.1, -0.05) is 72.9 Å². The van der Waals surface area contributed by atoms with E-state index in [9.17, 15) is 18.0 Å². The molecule has 1 atom stereocenters. The molecule has 10 heteroatoms. The smallest absolute Gasteiger partial charge is 0.264 e. The lowest BCUT2D eigenvalue weighted by molar-refractivity contribution is -0.140. The van der Waals surface area contributed by atoms with Crippen LogP contribution in [0.25, 0.3) is 0 Å². The standard InChI is InChI=1S/C30H35Cl2N3O4S/c1-5-17-33-30(37)28(6-2)34(19-25-26(31)11-8-12-27(25)32)29(36)20-35(23-10-7-9-22(4)18-23)40(38,39)24-15-13-21(3)14-16-24/h7-16,18,28H,5-6,17,19-20H2,1-4H3,(H,33,37)/t28-/m0/s1. The number of anilines is 1. The van der Waals surface area contributed by atoms with Gasteiger partial charge in [0.15, 0.2) is 0 Å². The highest BCUT2D eigenvalue weighted by Gasteiger charge is 2.34. The fourth-order valence-corrected chi connectivity index (χ4v) is 6.21. The van der Waals surface area contributed by atoms with E-state index in [0.29, 0.717) is 34.3 Å². The van der Waals surface area contributed by atoms with Gasteiger partial charge < -0.3 is 10.2 Å². The molecular weight excluding hydrogens is 569 g/mol. The first kappa shape index (κ1) is 31.5. The van der Waals surface area contributed by atoms with E-state index in [0.717, 1.165) is 21.9 Å². The Morgan fingerprint density at radius 2 is 1.52 bits per heavy atom. The summed E-state index contributed by atoms with van der Waals surface area (Å²) in [4.78, 5) is 28.7. The number of hydrogen-bond donors (Lipinski definition) is 1. The maximum Gasteiger partial charge on any atom is 0.264 e. The van der Waals surface area contributed by atoms with E-state index in [1.807, 2.05) is 26.8 Å². The summed E-state index contributed by atoms with van der Waals surface area (Å²) in [5, 5.41) is 3.55. The number of carbonyl (C=O) groups is 2. The van der Waals surface area contributed by atoms with Crippen LogP contribution in [0.1, 0.15) is 43.4 Å². The summed E-state index contributed by atoms with van der Waals surface area (Å²) in [7, 11) is -4.14. The molecule has 0 unspecified atom stereocenters. The molecule has 0 aliphatic carbocycles. The summed E-state index contributed by atoms with van der Waals surface area (Å²) in [6.07, 6.45) is 1.03. The number of aryl methyl sites for hydroxylation is 2. The van der Waals surface area contributed by atoms with Crippen molar-refractivity contribution in [3.05, 3.63) is 93.5 Å². The van der Waals surface area contributed by atoms with Crippen LogP contribution in [0.5, 0.6) is 0 Å². The van der Waals surface area contributed by atoms with Crippen molar-refractivity contribution in [2.45, 2.75) is 58.0 Å². The van der Waals surface area contributed by atoms with Crippen LogP contribution in [-0.4, -0.2) is 44.3 Å². The molecule has 3 rings (SSSR count). The number of sulfonamides is 1. The number of carbonyl (C=O) groups excluding carboxylic acids is 2. The van der Waals surface area contributed by atoms with E-state index in [1.54, 1.807) is 55.5 Å². The van der Waals surface area contributed by atoms with Crippen LogP contribution < -0.4 is 9.62 Å². The minimum atomic E-state index is -4.14. The zero-order chi connectivity index (χ0) is 29.4. The van der Waals surface area contributed by atoms with Crippen molar-refractivity contribution in [1.29, 1.82) is 0 Å². The van der Waals surface area contributed by atoms with Gasteiger partial charge in [-0.15, -0.1) is 0 Å². The first-order valence-corrected chi connectivity index (χ1v) is 15.3. The third-order valence-electron chi connectivity index (χ3n) is 6.50. The molecule has 0 spiro atoms. The van der Waals surface area contributed by atoms with E-state index < -0.39 is 28.5 Å². The lowest BCUT2D eigenvalue weighted by Crippen LogP contribution is -2.52. The van der Waals surface area contributed by atoms with Gasteiger partial charge >= 0.3 is 0 Å². The Morgan fingerprint density at radius 3 is 2.10 bits per heavy atom. The van der Waals surface area contributed by atoms with Crippen molar-refractivity contribution in [2.24, 2.45) is 0 Å². The molecule has 0 fully saturated rings. The van der Waals surface area contributed by atoms with Crippen LogP contribution >= 0.6 is 23.2 Å². The van der Waals surface area contributed by atoms with Gasteiger partial charge in [-0.05, 0) is 68.7 Å². The van der Waals surface area contributed by atoms with Crippen molar-refractivity contribution < 1.29 is 18.0 Å².